The summed E-state index contributed by atoms with van der Waals surface area (Å²) in [6, 6.07) is 34.8. The molecule has 4 aromatic rings. The summed E-state index contributed by atoms with van der Waals surface area (Å²) in [5, 5.41) is 5.91. The molecule has 4 nitrogen and oxygen atoms in total. The maximum absolute atomic E-state index is 12.9. The van der Waals surface area contributed by atoms with Crippen LogP contribution in [0.1, 0.15) is 34.5 Å². The second-order valence-electron chi connectivity index (χ2n) is 7.94. The van der Waals surface area contributed by atoms with E-state index in [0.29, 0.717) is 11.3 Å². The first kappa shape index (κ1) is 22.0. The van der Waals surface area contributed by atoms with Crippen LogP contribution in [0.4, 0.5) is 5.69 Å². The molecule has 0 aliphatic rings. The molecule has 164 valence electrons. The molecule has 0 radical (unpaired) electrons. The highest BCUT2D eigenvalue weighted by atomic mass is 16.2. The van der Waals surface area contributed by atoms with Gasteiger partial charge in [0.15, 0.2) is 0 Å². The Morgan fingerprint density at radius 2 is 1.27 bits per heavy atom. The number of hydrogen-bond acceptors (Lipinski definition) is 2. The van der Waals surface area contributed by atoms with Gasteiger partial charge in [0.25, 0.3) is 5.91 Å². The first-order valence-electron chi connectivity index (χ1n) is 11.0. The molecule has 0 bridgehead atoms. The summed E-state index contributed by atoms with van der Waals surface area (Å²) in [6.07, 6.45) is 0.228. The van der Waals surface area contributed by atoms with Crippen molar-refractivity contribution in [3.63, 3.8) is 0 Å². The third-order valence-corrected chi connectivity index (χ3v) is 5.52. The first-order chi connectivity index (χ1) is 16.1. The average molecular weight is 435 g/mol. The van der Waals surface area contributed by atoms with E-state index in [2.05, 4.69) is 22.8 Å². The van der Waals surface area contributed by atoms with Crippen LogP contribution in [0, 0.1) is 0 Å². The topological polar surface area (TPSA) is 58.2 Å². The van der Waals surface area contributed by atoms with E-state index < -0.39 is 0 Å². The molecule has 0 heterocycles. The number of amides is 2. The smallest absolute Gasteiger partial charge is 0.253 e. The van der Waals surface area contributed by atoms with Crippen LogP contribution >= 0.6 is 0 Å². The van der Waals surface area contributed by atoms with Crippen molar-refractivity contribution in [1.82, 2.24) is 5.32 Å². The second-order valence-corrected chi connectivity index (χ2v) is 7.94. The highest BCUT2D eigenvalue weighted by Gasteiger charge is 2.16. The van der Waals surface area contributed by atoms with Gasteiger partial charge in [-0.25, -0.2) is 0 Å². The summed E-state index contributed by atoms with van der Waals surface area (Å²) >= 11 is 0. The third kappa shape index (κ3) is 5.74. The van der Waals surface area contributed by atoms with Crippen molar-refractivity contribution in [2.24, 2.45) is 0 Å². The predicted molar refractivity (Wildman–Crippen MR) is 133 cm³/mol. The van der Waals surface area contributed by atoms with Gasteiger partial charge in [-0.05, 0) is 41.3 Å². The van der Waals surface area contributed by atoms with E-state index in [-0.39, 0.29) is 24.3 Å². The largest absolute Gasteiger partial charge is 0.345 e. The quantitative estimate of drug-likeness (QED) is 0.373. The van der Waals surface area contributed by atoms with E-state index in [1.807, 2.05) is 85.8 Å². The maximum Gasteiger partial charge on any atom is 0.253 e. The minimum Gasteiger partial charge on any atom is -0.345 e. The number of hydrogen-bond donors (Lipinski definition) is 2. The van der Waals surface area contributed by atoms with Gasteiger partial charge in [0, 0.05) is 0 Å². The van der Waals surface area contributed by atoms with E-state index in [9.17, 15) is 9.59 Å². The lowest BCUT2D eigenvalue weighted by atomic mass is 10.0. The third-order valence-electron chi connectivity index (χ3n) is 5.52. The number of nitrogens with one attached hydrogen (secondary N) is 2. The Balaban J connectivity index is 1.41. The van der Waals surface area contributed by atoms with Crippen molar-refractivity contribution in [3.05, 3.63) is 126 Å². The van der Waals surface area contributed by atoms with Crippen LogP contribution in [-0.2, 0) is 11.2 Å². The number of rotatable bonds is 7. The highest BCUT2D eigenvalue weighted by molar-refractivity contribution is 6.04. The zero-order valence-corrected chi connectivity index (χ0v) is 18.5. The van der Waals surface area contributed by atoms with Crippen LogP contribution in [0.15, 0.2) is 109 Å². The van der Waals surface area contributed by atoms with Crippen molar-refractivity contribution in [2.75, 3.05) is 5.32 Å². The summed E-state index contributed by atoms with van der Waals surface area (Å²) in [6.45, 7) is 1.94. The molecule has 1 atom stereocenters. The summed E-state index contributed by atoms with van der Waals surface area (Å²) in [5.74, 6) is -0.395. The van der Waals surface area contributed by atoms with Crippen LogP contribution in [0.3, 0.4) is 0 Å². The molecule has 4 aromatic carbocycles. The molecule has 0 aliphatic heterocycles. The van der Waals surface area contributed by atoms with Gasteiger partial charge in [-0.1, -0.05) is 97.1 Å². The monoisotopic (exact) mass is 434 g/mol. The number of carbonyl (C=O) groups is 2. The van der Waals surface area contributed by atoms with Crippen LogP contribution in [-0.4, -0.2) is 11.8 Å². The molecule has 0 saturated heterocycles. The predicted octanol–water partition coefficient (Wildman–Crippen LogP) is 6.03. The van der Waals surface area contributed by atoms with Gasteiger partial charge in [0.2, 0.25) is 5.91 Å². The van der Waals surface area contributed by atoms with Crippen molar-refractivity contribution in [3.8, 4) is 11.1 Å². The fourth-order valence-corrected chi connectivity index (χ4v) is 3.72. The van der Waals surface area contributed by atoms with E-state index in [1.54, 1.807) is 18.2 Å². The molecule has 0 aliphatic carbocycles. The van der Waals surface area contributed by atoms with Gasteiger partial charge >= 0.3 is 0 Å². The molecule has 0 saturated carbocycles. The molecule has 2 N–H and O–H groups in total. The first-order valence-corrected chi connectivity index (χ1v) is 11.0. The Morgan fingerprint density at radius 1 is 0.697 bits per heavy atom. The molecule has 0 fully saturated rings. The van der Waals surface area contributed by atoms with Crippen molar-refractivity contribution < 1.29 is 9.59 Å². The van der Waals surface area contributed by atoms with Crippen LogP contribution in [0.5, 0.6) is 0 Å². The van der Waals surface area contributed by atoms with Crippen LogP contribution in [0.2, 0.25) is 0 Å². The summed E-state index contributed by atoms with van der Waals surface area (Å²) in [5.41, 5.74) is 5.11. The van der Waals surface area contributed by atoms with Crippen LogP contribution < -0.4 is 10.6 Å². The number of anilines is 1. The van der Waals surface area contributed by atoms with Crippen LogP contribution in [0.25, 0.3) is 11.1 Å². The Bertz CT molecular complexity index is 1220. The molecular formula is C29H26N2O2. The molecular weight excluding hydrogens is 408 g/mol. The van der Waals surface area contributed by atoms with Gasteiger partial charge in [-0.2, -0.15) is 0 Å². The van der Waals surface area contributed by atoms with Gasteiger partial charge in [-0.3, -0.25) is 9.59 Å². The lowest BCUT2D eigenvalue weighted by Gasteiger charge is -2.16. The summed E-state index contributed by atoms with van der Waals surface area (Å²) in [4.78, 5) is 25.6. The minimum absolute atomic E-state index is 0.148. The molecule has 0 spiro atoms. The normalized spacial score (nSPS) is 11.4. The molecule has 4 rings (SSSR count). The maximum atomic E-state index is 12.9. The number of carbonyl (C=O) groups excluding carboxylic acids is 2. The molecule has 33 heavy (non-hydrogen) atoms. The van der Waals surface area contributed by atoms with E-state index in [0.717, 1.165) is 22.3 Å². The standard InChI is InChI=1S/C29H26N2O2/c1-21(23-10-4-2-5-11-23)30-29(33)26-14-8-9-15-27(26)31-28(32)20-22-16-18-25(19-17-22)24-12-6-3-7-13-24/h2-19,21H,20H2,1H3,(H,30,33)(H,31,32)/t21-/m1/s1. The van der Waals surface area contributed by atoms with Gasteiger partial charge in [-0.15, -0.1) is 0 Å². The fraction of sp³-hybridized carbons (Fsp3) is 0.103. The lowest BCUT2D eigenvalue weighted by Crippen LogP contribution is -2.28. The summed E-state index contributed by atoms with van der Waals surface area (Å²) in [7, 11) is 0. The van der Waals surface area contributed by atoms with E-state index in [1.165, 1.54) is 0 Å². The summed E-state index contributed by atoms with van der Waals surface area (Å²) < 4.78 is 0. The fourth-order valence-electron chi connectivity index (χ4n) is 3.72. The minimum atomic E-state index is -0.227. The molecule has 2 amide bonds. The van der Waals surface area contributed by atoms with Crippen molar-refractivity contribution >= 4 is 17.5 Å². The molecule has 0 unspecified atom stereocenters. The molecule has 0 aromatic heterocycles. The zero-order chi connectivity index (χ0) is 23.0. The van der Waals surface area contributed by atoms with Crippen molar-refractivity contribution in [2.45, 2.75) is 19.4 Å². The Kier molecular flexibility index (Phi) is 6.96. The second kappa shape index (κ2) is 10.4. The number of benzene rings is 4. The number of para-hydroxylation sites is 1. The SMILES string of the molecule is C[C@@H](NC(=O)c1ccccc1NC(=O)Cc1ccc(-c2ccccc2)cc1)c1ccccc1. The molecule has 4 heteroatoms. The van der Waals surface area contributed by atoms with E-state index in [4.69, 9.17) is 0 Å². The van der Waals surface area contributed by atoms with Crippen molar-refractivity contribution in [1.29, 1.82) is 0 Å². The van der Waals surface area contributed by atoms with Gasteiger partial charge in [0.05, 0.1) is 23.7 Å². The highest BCUT2D eigenvalue weighted by Crippen LogP contribution is 2.21. The Morgan fingerprint density at radius 3 is 1.97 bits per heavy atom. The Hall–Kier alpha value is -4.18. The average Bonchev–Trinajstić information content (AvgIpc) is 2.86. The zero-order valence-electron chi connectivity index (χ0n) is 18.5. The van der Waals surface area contributed by atoms with Gasteiger partial charge < -0.3 is 10.6 Å². The lowest BCUT2D eigenvalue weighted by molar-refractivity contribution is -0.115. The Labute approximate surface area is 194 Å². The van der Waals surface area contributed by atoms with E-state index >= 15 is 0 Å². The van der Waals surface area contributed by atoms with Gasteiger partial charge in [0.1, 0.15) is 0 Å².